The van der Waals surface area contributed by atoms with Crippen molar-refractivity contribution in [1.29, 1.82) is 0 Å². The van der Waals surface area contributed by atoms with Gasteiger partial charge in [0.25, 0.3) is 0 Å². The fourth-order valence-corrected chi connectivity index (χ4v) is 5.28. The first-order valence-corrected chi connectivity index (χ1v) is 11.8. The maximum atomic E-state index is 11.5. The van der Waals surface area contributed by atoms with Gasteiger partial charge in [-0.15, -0.1) is 11.3 Å². The van der Waals surface area contributed by atoms with Crippen LogP contribution in [0.2, 0.25) is 0 Å². The molecule has 0 unspecified atom stereocenters. The van der Waals surface area contributed by atoms with Crippen molar-refractivity contribution >= 4 is 54.2 Å². The molecule has 0 saturated heterocycles. The zero-order valence-corrected chi connectivity index (χ0v) is 20.0. The van der Waals surface area contributed by atoms with Gasteiger partial charge in [0, 0.05) is 20.2 Å². The van der Waals surface area contributed by atoms with E-state index in [1.54, 1.807) is 11.3 Å². The van der Waals surface area contributed by atoms with Gasteiger partial charge in [0.1, 0.15) is 11.5 Å². The molecule has 0 radical (unpaired) electrons. The van der Waals surface area contributed by atoms with Crippen LogP contribution in [-0.4, -0.2) is 39.4 Å². The van der Waals surface area contributed by atoms with Crippen molar-refractivity contribution in [2.24, 2.45) is 0 Å². The van der Waals surface area contributed by atoms with Crippen LogP contribution < -0.4 is 9.47 Å². The fraction of sp³-hybridized carbons (Fsp3) is 0.143. The molecule has 0 aliphatic rings. The second-order valence-electron chi connectivity index (χ2n) is 7.86. The van der Waals surface area contributed by atoms with Crippen LogP contribution in [0.5, 0.6) is 11.5 Å². The zero-order valence-electron chi connectivity index (χ0n) is 19.2. The molecule has 0 bridgehead atoms. The molecule has 0 aliphatic heterocycles. The number of carbonyl (C=O) groups is 2. The van der Waals surface area contributed by atoms with Gasteiger partial charge >= 0.3 is 11.9 Å². The molecular weight excluding hydrogens is 464 g/mol. The van der Waals surface area contributed by atoms with Crippen LogP contribution in [-0.2, 0) is 19.1 Å². The van der Waals surface area contributed by atoms with Gasteiger partial charge in [0.15, 0.2) is 13.2 Å². The van der Waals surface area contributed by atoms with Crippen LogP contribution in [0.3, 0.4) is 0 Å². The summed E-state index contributed by atoms with van der Waals surface area (Å²) in [5, 5.41) is 4.57. The molecule has 4 aromatic carbocycles. The van der Waals surface area contributed by atoms with Gasteiger partial charge in [0.2, 0.25) is 0 Å². The SMILES string of the molecule is COC(=O)COc1ccc(-c2c3ccccc3cc3sc4cc(OCC(=O)OC)ccc4c23)cc1. The molecule has 0 spiro atoms. The minimum absolute atomic E-state index is 0.133. The van der Waals surface area contributed by atoms with Gasteiger partial charge < -0.3 is 18.9 Å². The normalized spacial score (nSPS) is 11.0. The fourth-order valence-electron chi connectivity index (χ4n) is 4.09. The first kappa shape index (κ1) is 22.7. The molecule has 0 fully saturated rings. The Kier molecular flexibility index (Phi) is 6.25. The van der Waals surface area contributed by atoms with E-state index in [1.807, 2.05) is 54.6 Å². The lowest BCUT2D eigenvalue weighted by Crippen LogP contribution is -2.12. The molecule has 5 rings (SSSR count). The van der Waals surface area contributed by atoms with Crippen LogP contribution in [0.25, 0.3) is 42.1 Å². The van der Waals surface area contributed by atoms with Crippen molar-refractivity contribution in [2.75, 3.05) is 27.4 Å². The lowest BCUT2D eigenvalue weighted by atomic mass is 9.93. The quantitative estimate of drug-likeness (QED) is 0.264. The Morgan fingerprint density at radius 2 is 1.37 bits per heavy atom. The molecule has 0 amide bonds. The Bertz CT molecular complexity index is 1550. The summed E-state index contributed by atoms with van der Waals surface area (Å²) in [6.45, 7) is -0.268. The third-order valence-corrected chi connectivity index (χ3v) is 6.87. The van der Waals surface area contributed by atoms with Crippen molar-refractivity contribution in [2.45, 2.75) is 0 Å². The van der Waals surface area contributed by atoms with Crippen LogP contribution in [0.4, 0.5) is 0 Å². The van der Waals surface area contributed by atoms with Crippen LogP contribution >= 0.6 is 11.3 Å². The molecule has 7 heteroatoms. The second kappa shape index (κ2) is 9.64. The molecule has 5 aromatic rings. The van der Waals surface area contributed by atoms with Gasteiger partial charge in [-0.2, -0.15) is 0 Å². The summed E-state index contributed by atoms with van der Waals surface area (Å²) < 4.78 is 22.7. The Labute approximate surface area is 205 Å². The maximum absolute atomic E-state index is 11.5. The number of hydrogen-bond donors (Lipinski definition) is 0. The van der Waals surface area contributed by atoms with Crippen molar-refractivity contribution in [1.82, 2.24) is 0 Å². The van der Waals surface area contributed by atoms with Crippen LogP contribution in [0.15, 0.2) is 72.8 Å². The van der Waals surface area contributed by atoms with E-state index in [0.29, 0.717) is 11.5 Å². The average Bonchev–Trinajstić information content (AvgIpc) is 3.26. The topological polar surface area (TPSA) is 71.1 Å². The number of ether oxygens (including phenoxy) is 4. The van der Waals surface area contributed by atoms with E-state index >= 15 is 0 Å². The lowest BCUT2D eigenvalue weighted by Gasteiger charge is -2.12. The summed E-state index contributed by atoms with van der Waals surface area (Å²) in [5.41, 5.74) is 2.18. The number of rotatable bonds is 7. The van der Waals surface area contributed by atoms with E-state index in [9.17, 15) is 9.59 Å². The summed E-state index contributed by atoms with van der Waals surface area (Å²) in [7, 11) is 2.67. The van der Waals surface area contributed by atoms with Gasteiger partial charge in [-0.05, 0) is 58.3 Å². The minimum atomic E-state index is -0.426. The Balaban J connectivity index is 1.62. The molecule has 0 N–H and O–H groups in total. The molecule has 0 aliphatic carbocycles. The predicted octanol–water partition coefficient (Wildman–Crippen LogP) is 5.98. The molecule has 35 heavy (non-hydrogen) atoms. The van der Waals surface area contributed by atoms with E-state index in [-0.39, 0.29) is 13.2 Å². The van der Waals surface area contributed by atoms with Crippen LogP contribution in [0.1, 0.15) is 0 Å². The number of esters is 2. The molecular formula is C28H22O6S. The van der Waals surface area contributed by atoms with Crippen molar-refractivity contribution in [3.63, 3.8) is 0 Å². The van der Waals surface area contributed by atoms with E-state index < -0.39 is 11.9 Å². The number of fused-ring (bicyclic) bond motifs is 4. The summed E-state index contributed by atoms with van der Waals surface area (Å²) >= 11 is 1.68. The monoisotopic (exact) mass is 486 g/mol. The third-order valence-electron chi connectivity index (χ3n) is 5.77. The van der Waals surface area contributed by atoms with Crippen molar-refractivity contribution in [3.8, 4) is 22.6 Å². The third kappa shape index (κ3) is 4.50. The average molecular weight is 487 g/mol. The molecule has 6 nitrogen and oxygen atoms in total. The lowest BCUT2D eigenvalue weighted by molar-refractivity contribution is -0.143. The highest BCUT2D eigenvalue weighted by molar-refractivity contribution is 7.26. The molecule has 1 aromatic heterocycles. The van der Waals surface area contributed by atoms with E-state index in [2.05, 4.69) is 27.7 Å². The zero-order chi connectivity index (χ0) is 24.4. The van der Waals surface area contributed by atoms with Crippen LogP contribution in [0, 0.1) is 0 Å². The highest BCUT2D eigenvalue weighted by Gasteiger charge is 2.16. The Morgan fingerprint density at radius 3 is 2.09 bits per heavy atom. The van der Waals surface area contributed by atoms with E-state index in [4.69, 9.17) is 9.47 Å². The van der Waals surface area contributed by atoms with E-state index in [1.165, 1.54) is 14.2 Å². The van der Waals surface area contributed by atoms with Gasteiger partial charge in [-0.1, -0.05) is 36.4 Å². The van der Waals surface area contributed by atoms with Gasteiger partial charge in [-0.3, -0.25) is 0 Å². The summed E-state index contributed by atoms with van der Waals surface area (Å²) in [6, 6.07) is 24.1. The standard InChI is InChI=1S/C28H22O6S/c1-31-25(29)15-33-19-9-7-17(8-10-19)27-21-6-4-3-5-18(21)13-24-28(27)22-12-11-20(14-23(22)35-24)34-16-26(30)32-2/h3-14H,15-16H2,1-2H3. The summed E-state index contributed by atoms with van der Waals surface area (Å²) in [5.74, 6) is 0.365. The predicted molar refractivity (Wildman–Crippen MR) is 137 cm³/mol. The van der Waals surface area contributed by atoms with E-state index in [0.717, 1.165) is 42.1 Å². The molecule has 176 valence electrons. The largest absolute Gasteiger partial charge is 0.482 e. The van der Waals surface area contributed by atoms with Crippen molar-refractivity contribution in [3.05, 3.63) is 72.8 Å². The molecule has 0 saturated carbocycles. The Hall–Kier alpha value is -4.10. The highest BCUT2D eigenvalue weighted by Crippen LogP contribution is 2.45. The molecule has 1 heterocycles. The summed E-state index contributed by atoms with van der Waals surface area (Å²) in [6.07, 6.45) is 0. The molecule has 0 atom stereocenters. The first-order valence-electron chi connectivity index (χ1n) is 10.9. The number of carbonyl (C=O) groups excluding carboxylic acids is 2. The first-order chi connectivity index (χ1) is 17.1. The smallest absolute Gasteiger partial charge is 0.343 e. The van der Waals surface area contributed by atoms with Gasteiger partial charge in [-0.25, -0.2) is 9.59 Å². The number of hydrogen-bond acceptors (Lipinski definition) is 7. The Morgan fingerprint density at radius 1 is 0.714 bits per heavy atom. The number of methoxy groups -OCH3 is 2. The number of benzene rings is 4. The van der Waals surface area contributed by atoms with Crippen molar-refractivity contribution < 1.29 is 28.5 Å². The number of thiophene rings is 1. The second-order valence-corrected chi connectivity index (χ2v) is 8.94. The highest BCUT2D eigenvalue weighted by atomic mass is 32.1. The minimum Gasteiger partial charge on any atom is -0.482 e. The maximum Gasteiger partial charge on any atom is 0.343 e. The summed E-state index contributed by atoms with van der Waals surface area (Å²) in [4.78, 5) is 22.9. The van der Waals surface area contributed by atoms with Gasteiger partial charge in [0.05, 0.1) is 14.2 Å².